The maximum Gasteiger partial charge on any atom is 0.237 e. The number of nitrogens with two attached hydrogens (primary N) is 1. The molecule has 0 saturated carbocycles. The Bertz CT molecular complexity index is 429. The standard InChI is InChI=1S/C15H24N2O3/c1-3-8-15(2,20)10-17-14(19)13(16)9-11-4-6-12(18)7-5-11/h4-7,13,18,20H,3,8-10,16H2,1-2H3,(H,17,19)/t13-,15?/m1/s1. The van der Waals surface area contributed by atoms with Crippen LogP contribution in [0.2, 0.25) is 0 Å². The Balaban J connectivity index is 2.45. The Kier molecular flexibility index (Phi) is 5.98. The first-order valence-corrected chi connectivity index (χ1v) is 6.87. The van der Waals surface area contributed by atoms with E-state index < -0.39 is 11.6 Å². The summed E-state index contributed by atoms with van der Waals surface area (Å²) in [6.45, 7) is 3.87. The van der Waals surface area contributed by atoms with Gasteiger partial charge in [-0.25, -0.2) is 0 Å². The van der Waals surface area contributed by atoms with Crippen molar-refractivity contribution >= 4 is 5.91 Å². The number of hydrogen-bond acceptors (Lipinski definition) is 4. The third kappa shape index (κ3) is 5.59. The van der Waals surface area contributed by atoms with Crippen LogP contribution < -0.4 is 11.1 Å². The minimum absolute atomic E-state index is 0.183. The van der Waals surface area contributed by atoms with Gasteiger partial charge in [-0.3, -0.25) is 4.79 Å². The molecule has 0 saturated heterocycles. The monoisotopic (exact) mass is 280 g/mol. The molecule has 5 N–H and O–H groups in total. The van der Waals surface area contributed by atoms with E-state index in [1.165, 1.54) is 0 Å². The molecular formula is C15H24N2O3. The summed E-state index contributed by atoms with van der Waals surface area (Å²) in [5, 5.41) is 21.8. The minimum Gasteiger partial charge on any atom is -0.508 e. The minimum atomic E-state index is -0.900. The maximum absolute atomic E-state index is 11.9. The van der Waals surface area contributed by atoms with Crippen LogP contribution in [0.5, 0.6) is 5.75 Å². The van der Waals surface area contributed by atoms with Gasteiger partial charge in [0.15, 0.2) is 0 Å². The molecule has 5 nitrogen and oxygen atoms in total. The molecule has 112 valence electrons. The molecule has 1 aromatic carbocycles. The number of rotatable bonds is 7. The molecule has 0 aliphatic carbocycles. The van der Waals surface area contributed by atoms with Gasteiger partial charge < -0.3 is 21.3 Å². The Morgan fingerprint density at radius 2 is 2.00 bits per heavy atom. The average molecular weight is 280 g/mol. The molecule has 5 heteroatoms. The fourth-order valence-corrected chi connectivity index (χ4v) is 2.01. The Morgan fingerprint density at radius 3 is 2.55 bits per heavy atom. The summed E-state index contributed by atoms with van der Waals surface area (Å²) in [4.78, 5) is 11.9. The lowest BCUT2D eigenvalue weighted by atomic mass is 10.0. The number of phenolic OH excluding ortho intramolecular Hbond substituents is 1. The number of nitrogens with one attached hydrogen (secondary N) is 1. The first-order valence-electron chi connectivity index (χ1n) is 6.87. The summed E-state index contributed by atoms with van der Waals surface area (Å²) >= 11 is 0. The topological polar surface area (TPSA) is 95.6 Å². The zero-order chi connectivity index (χ0) is 15.2. The lowest BCUT2D eigenvalue weighted by Crippen LogP contribution is -2.47. The summed E-state index contributed by atoms with van der Waals surface area (Å²) in [5.41, 5.74) is 5.81. The van der Waals surface area contributed by atoms with Crippen molar-refractivity contribution in [3.05, 3.63) is 29.8 Å². The highest BCUT2D eigenvalue weighted by Crippen LogP contribution is 2.12. The zero-order valence-electron chi connectivity index (χ0n) is 12.1. The highest BCUT2D eigenvalue weighted by Gasteiger charge is 2.22. The molecule has 0 fully saturated rings. The molecule has 0 radical (unpaired) electrons. The second kappa shape index (κ2) is 7.26. The van der Waals surface area contributed by atoms with Crippen molar-refractivity contribution in [2.45, 2.75) is 44.8 Å². The van der Waals surface area contributed by atoms with Crippen molar-refractivity contribution in [2.75, 3.05) is 6.54 Å². The van der Waals surface area contributed by atoms with Crippen LogP contribution in [0.3, 0.4) is 0 Å². The highest BCUT2D eigenvalue weighted by atomic mass is 16.3. The first-order chi connectivity index (χ1) is 9.34. The van der Waals surface area contributed by atoms with Gasteiger partial charge in [-0.2, -0.15) is 0 Å². The fourth-order valence-electron chi connectivity index (χ4n) is 2.01. The molecule has 20 heavy (non-hydrogen) atoms. The van der Waals surface area contributed by atoms with Crippen molar-refractivity contribution < 1.29 is 15.0 Å². The molecule has 1 unspecified atom stereocenters. The van der Waals surface area contributed by atoms with Crippen molar-refractivity contribution in [2.24, 2.45) is 5.73 Å². The van der Waals surface area contributed by atoms with Gasteiger partial charge in [0.25, 0.3) is 0 Å². The number of benzene rings is 1. The normalized spacial score (nSPS) is 15.4. The number of amides is 1. The molecule has 0 spiro atoms. The zero-order valence-corrected chi connectivity index (χ0v) is 12.1. The highest BCUT2D eigenvalue weighted by molar-refractivity contribution is 5.81. The van der Waals surface area contributed by atoms with Crippen molar-refractivity contribution in [3.63, 3.8) is 0 Å². The van der Waals surface area contributed by atoms with Gasteiger partial charge in [0.1, 0.15) is 5.75 Å². The summed E-state index contributed by atoms with van der Waals surface area (Å²) in [6, 6.07) is 5.92. The number of aromatic hydroxyl groups is 1. The van der Waals surface area contributed by atoms with Crippen molar-refractivity contribution in [3.8, 4) is 5.75 Å². The molecule has 1 amide bonds. The molecule has 0 aliphatic heterocycles. The molecule has 0 aliphatic rings. The van der Waals surface area contributed by atoms with E-state index in [0.29, 0.717) is 12.8 Å². The lowest BCUT2D eigenvalue weighted by molar-refractivity contribution is -0.123. The van der Waals surface area contributed by atoms with Crippen LogP contribution in [0.1, 0.15) is 32.3 Å². The number of aliphatic hydroxyl groups is 1. The van der Waals surface area contributed by atoms with Crippen molar-refractivity contribution in [1.82, 2.24) is 5.32 Å². The van der Waals surface area contributed by atoms with Crippen molar-refractivity contribution in [1.29, 1.82) is 0 Å². The molecule has 0 heterocycles. The van der Waals surface area contributed by atoms with E-state index >= 15 is 0 Å². The van der Waals surface area contributed by atoms with Crippen LogP contribution in [-0.2, 0) is 11.2 Å². The molecule has 1 aromatic rings. The Hall–Kier alpha value is -1.59. The van der Waals surface area contributed by atoms with Crippen LogP contribution in [-0.4, -0.2) is 34.3 Å². The largest absolute Gasteiger partial charge is 0.508 e. The van der Waals surface area contributed by atoms with E-state index in [2.05, 4.69) is 5.32 Å². The van der Waals surface area contributed by atoms with Crippen LogP contribution in [0.25, 0.3) is 0 Å². The summed E-state index contributed by atoms with van der Waals surface area (Å²) in [7, 11) is 0. The number of phenols is 1. The third-order valence-electron chi connectivity index (χ3n) is 3.16. The van der Waals surface area contributed by atoms with E-state index in [1.807, 2.05) is 6.92 Å². The molecule has 0 aromatic heterocycles. The fraction of sp³-hybridized carbons (Fsp3) is 0.533. The van der Waals surface area contributed by atoms with Crippen LogP contribution in [0.15, 0.2) is 24.3 Å². The first kappa shape index (κ1) is 16.5. The van der Waals surface area contributed by atoms with E-state index in [1.54, 1.807) is 31.2 Å². The smallest absolute Gasteiger partial charge is 0.237 e. The van der Waals surface area contributed by atoms with Crippen LogP contribution in [0, 0.1) is 0 Å². The summed E-state index contributed by atoms with van der Waals surface area (Å²) in [5.74, 6) is -0.100. The second-order valence-electron chi connectivity index (χ2n) is 5.44. The average Bonchev–Trinajstić information content (AvgIpc) is 2.38. The Labute approximate surface area is 119 Å². The van der Waals surface area contributed by atoms with Gasteiger partial charge in [0, 0.05) is 6.54 Å². The number of hydrogen-bond donors (Lipinski definition) is 4. The number of carbonyl (C=O) groups excluding carboxylic acids is 1. The van der Waals surface area contributed by atoms with E-state index in [0.717, 1.165) is 12.0 Å². The number of carbonyl (C=O) groups is 1. The van der Waals surface area contributed by atoms with E-state index in [-0.39, 0.29) is 18.2 Å². The lowest BCUT2D eigenvalue weighted by Gasteiger charge is -2.24. The third-order valence-corrected chi connectivity index (χ3v) is 3.16. The van der Waals surface area contributed by atoms with Gasteiger partial charge in [-0.1, -0.05) is 25.5 Å². The van der Waals surface area contributed by atoms with Gasteiger partial charge in [-0.15, -0.1) is 0 Å². The van der Waals surface area contributed by atoms with E-state index in [4.69, 9.17) is 5.73 Å². The Morgan fingerprint density at radius 1 is 1.40 bits per heavy atom. The van der Waals surface area contributed by atoms with Gasteiger partial charge in [0.05, 0.1) is 11.6 Å². The maximum atomic E-state index is 11.9. The quantitative estimate of drug-likeness (QED) is 0.597. The van der Waals surface area contributed by atoms with Gasteiger partial charge in [0.2, 0.25) is 5.91 Å². The summed E-state index contributed by atoms with van der Waals surface area (Å²) < 4.78 is 0. The predicted molar refractivity (Wildman–Crippen MR) is 78.3 cm³/mol. The van der Waals surface area contributed by atoms with Crippen LogP contribution >= 0.6 is 0 Å². The summed E-state index contributed by atoms with van der Waals surface area (Å²) in [6.07, 6.45) is 1.87. The van der Waals surface area contributed by atoms with Gasteiger partial charge >= 0.3 is 0 Å². The predicted octanol–water partition coefficient (Wildman–Crippen LogP) is 0.929. The van der Waals surface area contributed by atoms with Crippen LogP contribution in [0.4, 0.5) is 0 Å². The molecule has 1 rings (SSSR count). The van der Waals surface area contributed by atoms with Gasteiger partial charge in [-0.05, 0) is 37.5 Å². The second-order valence-corrected chi connectivity index (χ2v) is 5.44. The molecular weight excluding hydrogens is 256 g/mol. The van der Waals surface area contributed by atoms with E-state index in [9.17, 15) is 15.0 Å². The molecule has 2 atom stereocenters. The SMILES string of the molecule is CCCC(C)(O)CNC(=O)[C@H](N)Cc1ccc(O)cc1. The molecule has 0 bridgehead atoms.